The standard InChI is InChI=1S/C24H22N2O4/c1-15(2)14-29-18-10-7-16(8-11-18)23(28)25-17-9-12-21(27)19(13-17)24-26-20-5-3-4-6-22(20)30-24/h3-13,15,27H,14H2,1-2H3,(H,25,28). The number of benzene rings is 3. The highest BCUT2D eigenvalue weighted by Gasteiger charge is 2.14. The third kappa shape index (κ3) is 4.27. The van der Waals surface area contributed by atoms with Gasteiger partial charge in [0.15, 0.2) is 5.58 Å². The molecule has 0 atom stereocenters. The van der Waals surface area contributed by atoms with Crippen molar-refractivity contribution in [3.63, 3.8) is 0 Å². The number of nitrogens with one attached hydrogen (secondary N) is 1. The molecule has 0 aliphatic rings. The number of phenols is 1. The zero-order valence-electron chi connectivity index (χ0n) is 16.8. The van der Waals surface area contributed by atoms with E-state index in [0.717, 1.165) is 5.75 Å². The summed E-state index contributed by atoms with van der Waals surface area (Å²) in [5, 5.41) is 13.1. The summed E-state index contributed by atoms with van der Waals surface area (Å²) in [4.78, 5) is 17.0. The molecule has 6 heteroatoms. The van der Waals surface area contributed by atoms with Gasteiger partial charge >= 0.3 is 0 Å². The van der Waals surface area contributed by atoms with Crippen molar-refractivity contribution in [2.45, 2.75) is 13.8 Å². The SMILES string of the molecule is CC(C)COc1ccc(C(=O)Nc2ccc(O)c(-c3nc4ccccc4o3)c2)cc1. The first kappa shape index (κ1) is 19.5. The Morgan fingerprint density at radius 1 is 1.10 bits per heavy atom. The van der Waals surface area contributed by atoms with Gasteiger partial charge in [-0.1, -0.05) is 26.0 Å². The van der Waals surface area contributed by atoms with Gasteiger partial charge in [-0.2, -0.15) is 0 Å². The van der Waals surface area contributed by atoms with Gasteiger partial charge in [-0.15, -0.1) is 0 Å². The van der Waals surface area contributed by atoms with Crippen LogP contribution in [0.15, 0.2) is 71.1 Å². The van der Waals surface area contributed by atoms with Crippen LogP contribution >= 0.6 is 0 Å². The number of nitrogens with zero attached hydrogens (tertiary/aromatic N) is 1. The number of carbonyl (C=O) groups is 1. The van der Waals surface area contributed by atoms with Crippen LogP contribution in [0.4, 0.5) is 5.69 Å². The number of hydrogen-bond acceptors (Lipinski definition) is 5. The highest BCUT2D eigenvalue weighted by Crippen LogP contribution is 2.33. The maximum absolute atomic E-state index is 12.6. The molecule has 0 unspecified atom stereocenters. The second-order valence-corrected chi connectivity index (χ2v) is 7.40. The van der Waals surface area contributed by atoms with Gasteiger partial charge < -0.3 is 19.6 Å². The van der Waals surface area contributed by atoms with Crippen LogP contribution in [0.1, 0.15) is 24.2 Å². The lowest BCUT2D eigenvalue weighted by atomic mass is 10.1. The number of ether oxygens (including phenoxy) is 1. The number of fused-ring (bicyclic) bond motifs is 1. The van der Waals surface area contributed by atoms with Crippen LogP contribution < -0.4 is 10.1 Å². The number of anilines is 1. The number of carbonyl (C=O) groups excluding carboxylic acids is 1. The average Bonchev–Trinajstić information content (AvgIpc) is 3.18. The number of phenolic OH excluding ortho intramolecular Hbond substituents is 1. The summed E-state index contributed by atoms with van der Waals surface area (Å²) in [6.07, 6.45) is 0. The van der Waals surface area contributed by atoms with Crippen molar-refractivity contribution in [3.05, 3.63) is 72.3 Å². The average molecular weight is 402 g/mol. The molecule has 0 radical (unpaired) electrons. The molecule has 0 bridgehead atoms. The minimum Gasteiger partial charge on any atom is -0.507 e. The molecule has 0 aliphatic heterocycles. The Bertz CT molecular complexity index is 1150. The lowest BCUT2D eigenvalue weighted by Gasteiger charge is -2.10. The summed E-state index contributed by atoms with van der Waals surface area (Å²) in [5.74, 6) is 1.20. The minimum atomic E-state index is -0.264. The van der Waals surface area contributed by atoms with Gasteiger partial charge in [0.1, 0.15) is 17.0 Å². The molecular weight excluding hydrogens is 380 g/mol. The molecule has 0 spiro atoms. The predicted octanol–water partition coefficient (Wildman–Crippen LogP) is 5.49. The van der Waals surface area contributed by atoms with Crippen molar-refractivity contribution < 1.29 is 19.1 Å². The Morgan fingerprint density at radius 2 is 1.87 bits per heavy atom. The number of aromatic nitrogens is 1. The molecule has 0 saturated heterocycles. The summed E-state index contributed by atoms with van der Waals surface area (Å²) in [5.41, 5.74) is 2.75. The van der Waals surface area contributed by atoms with E-state index in [1.807, 2.05) is 24.3 Å². The van der Waals surface area contributed by atoms with E-state index < -0.39 is 0 Å². The third-order valence-electron chi connectivity index (χ3n) is 4.48. The number of para-hydroxylation sites is 2. The molecule has 1 amide bonds. The summed E-state index contributed by atoms with van der Waals surface area (Å²) in [7, 11) is 0. The summed E-state index contributed by atoms with van der Waals surface area (Å²) in [6.45, 7) is 4.78. The summed E-state index contributed by atoms with van der Waals surface area (Å²) >= 11 is 0. The summed E-state index contributed by atoms with van der Waals surface area (Å²) < 4.78 is 11.4. The first-order chi connectivity index (χ1) is 14.5. The largest absolute Gasteiger partial charge is 0.507 e. The predicted molar refractivity (Wildman–Crippen MR) is 116 cm³/mol. The number of aromatic hydroxyl groups is 1. The Hall–Kier alpha value is -3.80. The normalized spacial score (nSPS) is 11.0. The molecule has 30 heavy (non-hydrogen) atoms. The quantitative estimate of drug-likeness (QED) is 0.417. The lowest BCUT2D eigenvalue weighted by Crippen LogP contribution is -2.12. The Morgan fingerprint density at radius 3 is 2.60 bits per heavy atom. The fraction of sp³-hybridized carbons (Fsp3) is 0.167. The third-order valence-corrected chi connectivity index (χ3v) is 4.48. The zero-order chi connectivity index (χ0) is 21.1. The van der Waals surface area contributed by atoms with E-state index in [9.17, 15) is 9.90 Å². The lowest BCUT2D eigenvalue weighted by molar-refractivity contribution is 0.102. The van der Waals surface area contributed by atoms with E-state index in [4.69, 9.17) is 9.15 Å². The van der Waals surface area contributed by atoms with Crippen LogP contribution in [0.2, 0.25) is 0 Å². The van der Waals surface area contributed by atoms with Crippen LogP contribution in [0, 0.1) is 5.92 Å². The van der Waals surface area contributed by atoms with Crippen molar-refractivity contribution >= 4 is 22.7 Å². The van der Waals surface area contributed by atoms with Crippen LogP contribution in [0.3, 0.4) is 0 Å². The van der Waals surface area contributed by atoms with E-state index in [2.05, 4.69) is 24.1 Å². The van der Waals surface area contributed by atoms with Gasteiger partial charge in [0.05, 0.1) is 12.2 Å². The summed E-state index contributed by atoms with van der Waals surface area (Å²) in [6, 6.07) is 19.1. The highest BCUT2D eigenvalue weighted by atomic mass is 16.5. The maximum Gasteiger partial charge on any atom is 0.255 e. The molecule has 1 heterocycles. The molecule has 2 N–H and O–H groups in total. The maximum atomic E-state index is 12.6. The van der Waals surface area contributed by atoms with Crippen molar-refractivity contribution in [2.75, 3.05) is 11.9 Å². The van der Waals surface area contributed by atoms with Gasteiger partial charge in [-0.3, -0.25) is 4.79 Å². The van der Waals surface area contributed by atoms with E-state index in [1.165, 1.54) is 6.07 Å². The van der Waals surface area contributed by atoms with Gasteiger partial charge in [-0.05, 0) is 60.5 Å². The Kier molecular flexibility index (Phi) is 5.39. The zero-order valence-corrected chi connectivity index (χ0v) is 16.8. The van der Waals surface area contributed by atoms with Gasteiger partial charge in [0.25, 0.3) is 5.91 Å². The molecule has 4 rings (SSSR count). The molecule has 0 aliphatic carbocycles. The molecule has 6 nitrogen and oxygen atoms in total. The van der Waals surface area contributed by atoms with Crippen LogP contribution in [0.5, 0.6) is 11.5 Å². The fourth-order valence-corrected chi connectivity index (χ4v) is 2.94. The number of hydrogen-bond donors (Lipinski definition) is 2. The van der Waals surface area contributed by atoms with E-state index in [1.54, 1.807) is 36.4 Å². The topological polar surface area (TPSA) is 84.6 Å². The Labute approximate surface area is 174 Å². The van der Waals surface area contributed by atoms with Crippen LogP contribution in [-0.4, -0.2) is 22.6 Å². The molecule has 152 valence electrons. The molecule has 3 aromatic carbocycles. The first-order valence-corrected chi connectivity index (χ1v) is 9.73. The van der Waals surface area contributed by atoms with E-state index >= 15 is 0 Å². The smallest absolute Gasteiger partial charge is 0.255 e. The Balaban J connectivity index is 1.52. The molecular formula is C24H22N2O4. The van der Waals surface area contributed by atoms with Gasteiger partial charge in [0, 0.05) is 11.3 Å². The van der Waals surface area contributed by atoms with E-state index in [-0.39, 0.29) is 17.5 Å². The fourth-order valence-electron chi connectivity index (χ4n) is 2.94. The van der Waals surface area contributed by atoms with Crippen LogP contribution in [-0.2, 0) is 0 Å². The second kappa shape index (κ2) is 8.29. The number of oxazole rings is 1. The number of rotatable bonds is 6. The first-order valence-electron chi connectivity index (χ1n) is 9.73. The van der Waals surface area contributed by atoms with E-state index in [0.29, 0.717) is 40.4 Å². The molecule has 4 aromatic rings. The van der Waals surface area contributed by atoms with Crippen LogP contribution in [0.25, 0.3) is 22.6 Å². The minimum absolute atomic E-state index is 0.0196. The van der Waals surface area contributed by atoms with Crippen molar-refractivity contribution in [3.8, 4) is 23.0 Å². The molecule has 1 aromatic heterocycles. The molecule has 0 saturated carbocycles. The van der Waals surface area contributed by atoms with Crippen molar-refractivity contribution in [1.82, 2.24) is 4.98 Å². The van der Waals surface area contributed by atoms with Crippen molar-refractivity contribution in [1.29, 1.82) is 0 Å². The van der Waals surface area contributed by atoms with Crippen molar-refractivity contribution in [2.24, 2.45) is 5.92 Å². The van der Waals surface area contributed by atoms with Gasteiger partial charge in [0.2, 0.25) is 5.89 Å². The number of amides is 1. The monoisotopic (exact) mass is 402 g/mol. The second-order valence-electron chi connectivity index (χ2n) is 7.40. The van der Waals surface area contributed by atoms with Gasteiger partial charge in [-0.25, -0.2) is 4.98 Å². The highest BCUT2D eigenvalue weighted by molar-refractivity contribution is 6.04. The molecule has 0 fully saturated rings.